The Hall–Kier alpha value is -4.29. The van der Waals surface area contributed by atoms with Gasteiger partial charge >= 0.3 is 0 Å². The summed E-state index contributed by atoms with van der Waals surface area (Å²) in [7, 11) is 1.64. The van der Waals surface area contributed by atoms with Gasteiger partial charge in [-0.05, 0) is 48.0 Å². The molecular formula is C30H22ClFN4O. The van der Waals surface area contributed by atoms with Gasteiger partial charge in [0.2, 0.25) is 5.95 Å². The Morgan fingerprint density at radius 2 is 1.65 bits per heavy atom. The van der Waals surface area contributed by atoms with Crippen LogP contribution >= 0.6 is 11.6 Å². The van der Waals surface area contributed by atoms with Gasteiger partial charge in [-0.3, -0.25) is 0 Å². The van der Waals surface area contributed by atoms with Gasteiger partial charge in [0.15, 0.2) is 0 Å². The standard InChI is InChI=1S/C30H22ClFN4O/c1-37-24-6-4-5-21(17-24)27-18-28(19-11-15-23(32)16-12-19)36(35-27)30-33-26-8-3-2-7-25(26)29(34-30)20-9-13-22(31)14-10-20/h2-17,28H,18H2,1H3/t28-/m0/s1. The van der Waals surface area contributed by atoms with Gasteiger partial charge in [0.05, 0.1) is 30.1 Å². The summed E-state index contributed by atoms with van der Waals surface area (Å²) in [5.41, 5.74) is 5.28. The predicted molar refractivity (Wildman–Crippen MR) is 146 cm³/mol. The first-order valence-electron chi connectivity index (χ1n) is 11.9. The molecule has 5 nitrogen and oxygen atoms in total. The van der Waals surface area contributed by atoms with Crippen LogP contribution < -0.4 is 9.75 Å². The fraction of sp³-hybridized carbons (Fsp3) is 0.100. The minimum atomic E-state index is -0.283. The van der Waals surface area contributed by atoms with Gasteiger partial charge in [-0.25, -0.2) is 19.4 Å². The van der Waals surface area contributed by atoms with Crippen molar-refractivity contribution in [2.24, 2.45) is 5.10 Å². The molecular weight excluding hydrogens is 487 g/mol. The van der Waals surface area contributed by atoms with E-state index in [0.29, 0.717) is 17.4 Å². The molecule has 0 bridgehead atoms. The number of hydrogen-bond acceptors (Lipinski definition) is 5. The Kier molecular flexibility index (Phi) is 6.02. The number of anilines is 1. The van der Waals surface area contributed by atoms with Crippen molar-refractivity contribution in [2.45, 2.75) is 12.5 Å². The van der Waals surface area contributed by atoms with E-state index < -0.39 is 0 Å². The number of hydrazone groups is 1. The predicted octanol–water partition coefficient (Wildman–Crippen LogP) is 7.45. The SMILES string of the molecule is COc1cccc(C2=NN(c3nc(-c4ccc(Cl)cc4)c4ccccc4n3)[C@H](c3ccc(F)cc3)C2)c1. The maximum Gasteiger partial charge on any atom is 0.247 e. The van der Waals surface area contributed by atoms with Gasteiger partial charge in [-0.2, -0.15) is 5.10 Å². The lowest BCUT2D eigenvalue weighted by Crippen LogP contribution is -2.21. The van der Waals surface area contributed by atoms with E-state index in [1.54, 1.807) is 19.2 Å². The highest BCUT2D eigenvalue weighted by atomic mass is 35.5. The third-order valence-corrected chi connectivity index (χ3v) is 6.73. The Bertz CT molecular complexity index is 1620. The summed E-state index contributed by atoms with van der Waals surface area (Å²) in [6.07, 6.45) is 0.602. The summed E-state index contributed by atoms with van der Waals surface area (Å²) in [6, 6.07) is 29.6. The first-order chi connectivity index (χ1) is 18.1. The van der Waals surface area contributed by atoms with Crippen molar-refractivity contribution < 1.29 is 9.13 Å². The number of benzene rings is 4. The van der Waals surface area contributed by atoms with E-state index >= 15 is 0 Å². The van der Waals surface area contributed by atoms with Gasteiger partial charge in [0.25, 0.3) is 0 Å². The molecule has 1 aliphatic rings. The normalized spacial score (nSPS) is 15.2. The summed E-state index contributed by atoms with van der Waals surface area (Å²) in [5, 5.41) is 8.43. The van der Waals surface area contributed by atoms with E-state index in [-0.39, 0.29) is 11.9 Å². The van der Waals surface area contributed by atoms with E-state index in [4.69, 9.17) is 31.4 Å². The van der Waals surface area contributed by atoms with Crippen molar-refractivity contribution in [3.63, 3.8) is 0 Å². The van der Waals surface area contributed by atoms with Gasteiger partial charge < -0.3 is 4.74 Å². The van der Waals surface area contributed by atoms with E-state index in [1.807, 2.05) is 77.8 Å². The van der Waals surface area contributed by atoms with Gasteiger partial charge in [-0.15, -0.1) is 0 Å². The quantitative estimate of drug-likeness (QED) is 0.247. The molecule has 1 atom stereocenters. The molecule has 0 fully saturated rings. The molecule has 0 saturated carbocycles. The van der Waals surface area contributed by atoms with Crippen molar-refractivity contribution in [3.8, 4) is 17.0 Å². The lowest BCUT2D eigenvalue weighted by Gasteiger charge is -2.23. The Morgan fingerprint density at radius 3 is 2.43 bits per heavy atom. The van der Waals surface area contributed by atoms with Crippen LogP contribution in [-0.4, -0.2) is 22.8 Å². The highest BCUT2D eigenvalue weighted by Crippen LogP contribution is 2.38. The molecule has 0 amide bonds. The van der Waals surface area contributed by atoms with E-state index in [1.165, 1.54) is 12.1 Å². The Balaban J connectivity index is 1.52. The molecule has 7 heteroatoms. The number of aromatic nitrogens is 2. The van der Waals surface area contributed by atoms with Crippen LogP contribution in [0.25, 0.3) is 22.2 Å². The summed E-state index contributed by atoms with van der Waals surface area (Å²) in [4.78, 5) is 9.90. The zero-order valence-electron chi connectivity index (χ0n) is 20.0. The van der Waals surface area contributed by atoms with Crippen LogP contribution in [0.1, 0.15) is 23.6 Å². The molecule has 4 aromatic carbocycles. The minimum Gasteiger partial charge on any atom is -0.497 e. The first kappa shape index (κ1) is 23.1. The molecule has 0 aliphatic carbocycles. The number of para-hydroxylation sites is 1. The topological polar surface area (TPSA) is 50.6 Å². The van der Waals surface area contributed by atoms with Gasteiger partial charge in [0.1, 0.15) is 11.6 Å². The van der Waals surface area contributed by atoms with Crippen molar-refractivity contribution in [1.82, 2.24) is 9.97 Å². The fourth-order valence-electron chi connectivity index (χ4n) is 4.61. The van der Waals surface area contributed by atoms with Gasteiger partial charge in [0, 0.05) is 28.0 Å². The molecule has 1 aliphatic heterocycles. The minimum absolute atomic E-state index is 0.207. The maximum atomic E-state index is 13.8. The number of ether oxygens (including phenoxy) is 1. The number of rotatable bonds is 5. The van der Waals surface area contributed by atoms with Crippen LogP contribution in [0.5, 0.6) is 5.75 Å². The average Bonchev–Trinajstić information content (AvgIpc) is 3.39. The second-order valence-corrected chi connectivity index (χ2v) is 9.23. The zero-order chi connectivity index (χ0) is 25.4. The fourth-order valence-corrected chi connectivity index (χ4v) is 4.74. The highest BCUT2D eigenvalue weighted by Gasteiger charge is 2.32. The van der Waals surface area contributed by atoms with Crippen molar-refractivity contribution in [3.05, 3.63) is 119 Å². The summed E-state index contributed by atoms with van der Waals surface area (Å²) < 4.78 is 19.2. The number of halogens is 2. The molecule has 0 N–H and O–H groups in total. The molecule has 5 aromatic rings. The lowest BCUT2D eigenvalue weighted by atomic mass is 9.98. The second-order valence-electron chi connectivity index (χ2n) is 8.79. The van der Waals surface area contributed by atoms with Crippen molar-refractivity contribution in [2.75, 3.05) is 12.1 Å². The number of hydrogen-bond donors (Lipinski definition) is 0. The summed E-state index contributed by atoms with van der Waals surface area (Å²) in [6.45, 7) is 0. The molecule has 6 rings (SSSR count). The third-order valence-electron chi connectivity index (χ3n) is 6.48. The lowest BCUT2D eigenvalue weighted by molar-refractivity contribution is 0.414. The Labute approximate surface area is 218 Å². The van der Waals surface area contributed by atoms with Crippen LogP contribution in [-0.2, 0) is 0 Å². The van der Waals surface area contributed by atoms with Crippen LogP contribution in [0.4, 0.5) is 10.3 Å². The molecule has 182 valence electrons. The number of nitrogens with zero attached hydrogens (tertiary/aromatic N) is 4. The molecule has 0 unspecified atom stereocenters. The van der Waals surface area contributed by atoms with E-state index in [2.05, 4.69) is 0 Å². The first-order valence-corrected chi connectivity index (χ1v) is 12.3. The van der Waals surface area contributed by atoms with E-state index in [0.717, 1.165) is 44.7 Å². The van der Waals surface area contributed by atoms with Crippen molar-refractivity contribution in [1.29, 1.82) is 0 Å². The largest absolute Gasteiger partial charge is 0.497 e. The number of fused-ring (bicyclic) bond motifs is 1. The molecule has 0 saturated heterocycles. The van der Waals surface area contributed by atoms with Crippen LogP contribution in [0.15, 0.2) is 102 Å². The van der Waals surface area contributed by atoms with E-state index in [9.17, 15) is 4.39 Å². The summed E-state index contributed by atoms with van der Waals surface area (Å²) >= 11 is 6.15. The maximum absolute atomic E-state index is 13.8. The third kappa shape index (κ3) is 4.52. The van der Waals surface area contributed by atoms with Crippen LogP contribution in [0, 0.1) is 5.82 Å². The Morgan fingerprint density at radius 1 is 0.865 bits per heavy atom. The van der Waals surface area contributed by atoms with Crippen LogP contribution in [0.3, 0.4) is 0 Å². The average molecular weight is 509 g/mol. The monoisotopic (exact) mass is 508 g/mol. The summed E-state index contributed by atoms with van der Waals surface area (Å²) in [5.74, 6) is 0.939. The second kappa shape index (κ2) is 9.64. The molecule has 0 spiro atoms. The molecule has 2 heterocycles. The zero-order valence-corrected chi connectivity index (χ0v) is 20.7. The molecule has 0 radical (unpaired) electrons. The van der Waals surface area contributed by atoms with Gasteiger partial charge in [-0.1, -0.05) is 66.2 Å². The van der Waals surface area contributed by atoms with Crippen LogP contribution in [0.2, 0.25) is 5.02 Å². The van der Waals surface area contributed by atoms with Crippen molar-refractivity contribution >= 4 is 34.2 Å². The highest BCUT2D eigenvalue weighted by molar-refractivity contribution is 6.30. The molecule has 1 aromatic heterocycles. The smallest absolute Gasteiger partial charge is 0.247 e. The number of methoxy groups -OCH3 is 1. The molecule has 37 heavy (non-hydrogen) atoms.